The lowest BCUT2D eigenvalue weighted by Crippen LogP contribution is -2.25. The lowest BCUT2D eigenvalue weighted by Gasteiger charge is -2.13. The van der Waals surface area contributed by atoms with Crippen molar-refractivity contribution in [1.82, 2.24) is 14.9 Å². The van der Waals surface area contributed by atoms with Gasteiger partial charge in [0.1, 0.15) is 10.8 Å². The van der Waals surface area contributed by atoms with Gasteiger partial charge in [-0.1, -0.05) is 18.2 Å². The van der Waals surface area contributed by atoms with E-state index in [2.05, 4.69) is 10.3 Å². The number of amidine groups is 1. The molecule has 178 valence electrons. The maximum Gasteiger partial charge on any atom is 0.511 e. The first-order valence-electron chi connectivity index (χ1n) is 10.5. The number of nitrogens with one attached hydrogen (secondary N) is 2. The van der Waals surface area contributed by atoms with Crippen molar-refractivity contribution in [3.63, 3.8) is 0 Å². The Hall–Kier alpha value is -4.51. The van der Waals surface area contributed by atoms with Gasteiger partial charge in [0.05, 0.1) is 18.3 Å². The molecule has 0 atom stereocenters. The normalized spacial score (nSPS) is 10.7. The average molecular weight is 492 g/mol. The SMILES string of the molecule is N=C(N)c1ccc(C(=O)NCCc2ccc3c(=O)c(OC(=O)O)cn(Cc4nccs4)c3c2)cc1. The number of benzene rings is 2. The summed E-state index contributed by atoms with van der Waals surface area (Å²) < 4.78 is 6.43. The van der Waals surface area contributed by atoms with E-state index in [-0.39, 0.29) is 17.5 Å². The molecular formula is C24H21N5O5S. The predicted molar refractivity (Wildman–Crippen MR) is 132 cm³/mol. The van der Waals surface area contributed by atoms with Gasteiger partial charge < -0.3 is 25.5 Å². The van der Waals surface area contributed by atoms with Crippen molar-refractivity contribution >= 4 is 40.1 Å². The molecule has 0 radical (unpaired) electrons. The smallest absolute Gasteiger partial charge is 0.449 e. The first-order chi connectivity index (χ1) is 16.8. The number of carbonyl (C=O) groups is 2. The highest BCUT2D eigenvalue weighted by Gasteiger charge is 2.15. The molecule has 0 saturated heterocycles. The molecular weight excluding hydrogens is 470 g/mol. The summed E-state index contributed by atoms with van der Waals surface area (Å²) in [5, 5.41) is 22.2. The topological polar surface area (TPSA) is 160 Å². The first kappa shape index (κ1) is 23.6. The summed E-state index contributed by atoms with van der Waals surface area (Å²) >= 11 is 1.44. The zero-order valence-electron chi connectivity index (χ0n) is 18.4. The van der Waals surface area contributed by atoms with E-state index in [1.165, 1.54) is 17.5 Å². The Labute approximate surface area is 203 Å². The molecule has 5 N–H and O–H groups in total. The van der Waals surface area contributed by atoms with E-state index >= 15 is 0 Å². The second kappa shape index (κ2) is 10.2. The van der Waals surface area contributed by atoms with E-state index in [1.807, 2.05) is 11.4 Å². The van der Waals surface area contributed by atoms with Gasteiger partial charge in [-0.05, 0) is 36.2 Å². The molecule has 0 aliphatic carbocycles. The molecule has 0 aliphatic rings. The van der Waals surface area contributed by atoms with Crippen LogP contribution in [0.4, 0.5) is 4.79 Å². The Balaban J connectivity index is 1.54. The van der Waals surface area contributed by atoms with Crippen LogP contribution in [-0.4, -0.2) is 39.1 Å². The molecule has 0 aliphatic heterocycles. The zero-order chi connectivity index (χ0) is 24.9. The number of hydrogen-bond acceptors (Lipinski definition) is 7. The molecule has 0 unspecified atom stereocenters. The van der Waals surface area contributed by atoms with E-state index in [9.17, 15) is 14.4 Å². The molecule has 0 saturated carbocycles. The number of rotatable bonds is 8. The summed E-state index contributed by atoms with van der Waals surface area (Å²) in [5.74, 6) is -0.599. The lowest BCUT2D eigenvalue weighted by molar-refractivity contribution is 0.0954. The standard InChI is InChI=1S/C24H21N5O5S/c25-22(26)15-2-4-16(5-3-15)23(31)28-8-7-14-1-6-17-18(11-14)29(13-20-27-9-10-35-20)12-19(21(17)30)34-24(32)33/h1-6,9-12H,7-8,13H2,(H3,25,26)(H,28,31)(H,32,33). The Morgan fingerprint density at radius 3 is 2.57 bits per heavy atom. The van der Waals surface area contributed by atoms with Crippen LogP contribution in [0.3, 0.4) is 0 Å². The largest absolute Gasteiger partial charge is 0.511 e. The Bertz CT molecular complexity index is 1460. The fraction of sp³-hybridized carbons (Fsp3) is 0.125. The quantitative estimate of drug-likeness (QED) is 0.167. The highest BCUT2D eigenvalue weighted by atomic mass is 32.1. The second-order valence-corrected chi connectivity index (χ2v) is 8.57. The van der Waals surface area contributed by atoms with Crippen molar-refractivity contribution in [2.45, 2.75) is 13.0 Å². The van der Waals surface area contributed by atoms with Crippen LogP contribution < -0.4 is 21.2 Å². The predicted octanol–water partition coefficient (Wildman–Crippen LogP) is 2.82. The summed E-state index contributed by atoms with van der Waals surface area (Å²) in [6, 6.07) is 11.7. The van der Waals surface area contributed by atoms with E-state index in [0.29, 0.717) is 41.5 Å². The first-order valence-corrected chi connectivity index (χ1v) is 11.4. The Kier molecular flexibility index (Phi) is 6.88. The van der Waals surface area contributed by atoms with Crippen molar-refractivity contribution in [2.24, 2.45) is 5.73 Å². The number of carbonyl (C=O) groups excluding carboxylic acids is 1. The molecule has 0 spiro atoms. The highest BCUT2D eigenvalue weighted by molar-refractivity contribution is 7.09. The minimum absolute atomic E-state index is 0.0664. The molecule has 2 aromatic heterocycles. The number of nitrogens with zero attached hydrogens (tertiary/aromatic N) is 2. The van der Waals surface area contributed by atoms with E-state index in [4.69, 9.17) is 21.0 Å². The monoisotopic (exact) mass is 491 g/mol. The van der Waals surface area contributed by atoms with Crippen LogP contribution in [0.2, 0.25) is 0 Å². The zero-order valence-corrected chi connectivity index (χ0v) is 19.2. The van der Waals surface area contributed by atoms with E-state index in [1.54, 1.807) is 47.2 Å². The van der Waals surface area contributed by atoms with Gasteiger partial charge in [-0.25, -0.2) is 9.78 Å². The number of thiazole rings is 1. The summed E-state index contributed by atoms with van der Waals surface area (Å²) in [7, 11) is 0. The van der Waals surface area contributed by atoms with Crippen LogP contribution in [0.5, 0.6) is 5.75 Å². The number of fused-ring (bicyclic) bond motifs is 1. The molecule has 1 amide bonds. The third-order valence-corrected chi connectivity index (χ3v) is 6.02. The molecule has 11 heteroatoms. The van der Waals surface area contributed by atoms with Crippen molar-refractivity contribution in [2.75, 3.05) is 6.54 Å². The molecule has 4 aromatic rings. The third kappa shape index (κ3) is 5.53. The maximum atomic E-state index is 12.8. The molecule has 2 aromatic carbocycles. The van der Waals surface area contributed by atoms with Gasteiger partial charge in [0.15, 0.2) is 5.75 Å². The second-order valence-electron chi connectivity index (χ2n) is 7.59. The van der Waals surface area contributed by atoms with Gasteiger partial charge in [0.25, 0.3) is 5.91 Å². The van der Waals surface area contributed by atoms with Crippen LogP contribution in [-0.2, 0) is 13.0 Å². The van der Waals surface area contributed by atoms with Gasteiger partial charge in [-0.15, -0.1) is 11.3 Å². The molecule has 0 fully saturated rings. The van der Waals surface area contributed by atoms with Gasteiger partial charge in [0, 0.05) is 34.6 Å². The van der Waals surface area contributed by atoms with Gasteiger partial charge >= 0.3 is 6.16 Å². The third-order valence-electron chi connectivity index (χ3n) is 5.26. The fourth-order valence-corrected chi connectivity index (χ4v) is 4.18. The molecule has 2 heterocycles. The van der Waals surface area contributed by atoms with Gasteiger partial charge in [-0.3, -0.25) is 15.0 Å². The van der Waals surface area contributed by atoms with Crippen molar-refractivity contribution < 1.29 is 19.4 Å². The molecule has 0 bridgehead atoms. The highest BCUT2D eigenvalue weighted by Crippen LogP contribution is 2.20. The summed E-state index contributed by atoms with van der Waals surface area (Å²) in [5.41, 5.74) is 7.39. The number of ether oxygens (including phenoxy) is 1. The molecule has 35 heavy (non-hydrogen) atoms. The summed E-state index contributed by atoms with van der Waals surface area (Å²) in [4.78, 5) is 40.5. The number of nitrogen functional groups attached to an aromatic ring is 1. The van der Waals surface area contributed by atoms with Crippen LogP contribution in [0, 0.1) is 5.41 Å². The molecule has 10 nitrogen and oxygen atoms in total. The number of pyridine rings is 1. The van der Waals surface area contributed by atoms with E-state index < -0.39 is 11.6 Å². The van der Waals surface area contributed by atoms with Crippen LogP contribution in [0.25, 0.3) is 10.9 Å². The van der Waals surface area contributed by atoms with E-state index in [0.717, 1.165) is 10.6 Å². The fourth-order valence-electron chi connectivity index (χ4n) is 3.56. The average Bonchev–Trinajstić information content (AvgIpc) is 3.35. The van der Waals surface area contributed by atoms with Crippen LogP contribution in [0.15, 0.2) is 65.0 Å². The van der Waals surface area contributed by atoms with Gasteiger partial charge in [-0.2, -0.15) is 0 Å². The minimum atomic E-state index is -1.56. The number of aromatic nitrogens is 2. The Morgan fingerprint density at radius 2 is 1.91 bits per heavy atom. The van der Waals surface area contributed by atoms with Crippen LogP contribution in [0.1, 0.15) is 26.5 Å². The van der Waals surface area contributed by atoms with Crippen molar-refractivity contribution in [3.05, 3.63) is 92.2 Å². The van der Waals surface area contributed by atoms with Crippen LogP contribution >= 0.6 is 11.3 Å². The number of hydrogen-bond donors (Lipinski definition) is 4. The Morgan fingerprint density at radius 1 is 1.17 bits per heavy atom. The number of nitrogens with two attached hydrogens (primary N) is 1. The number of amides is 1. The number of carboxylic acid groups (broad SMARTS) is 1. The minimum Gasteiger partial charge on any atom is -0.449 e. The lowest BCUT2D eigenvalue weighted by atomic mass is 10.1. The molecule has 4 rings (SSSR count). The van der Waals surface area contributed by atoms with Crippen molar-refractivity contribution in [3.8, 4) is 5.75 Å². The van der Waals surface area contributed by atoms with Crippen molar-refractivity contribution in [1.29, 1.82) is 5.41 Å². The van der Waals surface area contributed by atoms with Gasteiger partial charge in [0.2, 0.25) is 5.43 Å². The summed E-state index contributed by atoms with van der Waals surface area (Å²) in [6.07, 6.45) is 1.98. The summed E-state index contributed by atoms with van der Waals surface area (Å²) in [6.45, 7) is 0.691. The maximum absolute atomic E-state index is 12.8.